The van der Waals surface area contributed by atoms with E-state index in [1.54, 1.807) is 11.3 Å². The number of fused-ring (bicyclic) bond motifs is 1. The van der Waals surface area contributed by atoms with Crippen molar-refractivity contribution in [3.63, 3.8) is 0 Å². The Balaban J connectivity index is 1.52. The van der Waals surface area contributed by atoms with Gasteiger partial charge in [-0.1, -0.05) is 19.1 Å². The SMILES string of the molecule is CCN(C)C1CCC(c2c[nH]c3cc(N=C(N)c4cccs4)ccc23)CC1. The van der Waals surface area contributed by atoms with E-state index in [2.05, 4.69) is 53.2 Å². The summed E-state index contributed by atoms with van der Waals surface area (Å²) in [5, 5.41) is 3.35. The Bertz CT molecular complexity index is 917. The Labute approximate surface area is 165 Å². The van der Waals surface area contributed by atoms with Crippen LogP contribution in [0.25, 0.3) is 10.9 Å². The molecule has 1 saturated carbocycles. The molecule has 27 heavy (non-hydrogen) atoms. The number of amidine groups is 1. The van der Waals surface area contributed by atoms with Crippen molar-refractivity contribution in [1.29, 1.82) is 0 Å². The average Bonchev–Trinajstić information content (AvgIpc) is 3.37. The summed E-state index contributed by atoms with van der Waals surface area (Å²) < 4.78 is 0. The summed E-state index contributed by atoms with van der Waals surface area (Å²) >= 11 is 1.61. The third-order valence-electron chi connectivity index (χ3n) is 5.98. The molecule has 3 aromatic rings. The second-order valence-electron chi connectivity index (χ2n) is 7.53. The molecule has 2 aromatic heterocycles. The Morgan fingerprint density at radius 3 is 2.78 bits per heavy atom. The summed E-state index contributed by atoms with van der Waals surface area (Å²) in [6, 6.07) is 11.1. The molecule has 3 N–H and O–H groups in total. The Morgan fingerprint density at radius 1 is 1.26 bits per heavy atom. The van der Waals surface area contributed by atoms with Crippen LogP contribution in [0.3, 0.4) is 0 Å². The normalized spacial score (nSPS) is 21.2. The van der Waals surface area contributed by atoms with Gasteiger partial charge in [-0.3, -0.25) is 0 Å². The molecule has 0 bridgehead atoms. The van der Waals surface area contributed by atoms with Gasteiger partial charge in [-0.2, -0.15) is 0 Å². The molecule has 2 heterocycles. The van der Waals surface area contributed by atoms with Gasteiger partial charge in [0.2, 0.25) is 0 Å². The molecule has 0 radical (unpaired) electrons. The molecular formula is C22H28N4S. The highest BCUT2D eigenvalue weighted by Gasteiger charge is 2.25. The van der Waals surface area contributed by atoms with Crippen molar-refractivity contribution in [3.8, 4) is 0 Å². The molecule has 0 saturated heterocycles. The summed E-state index contributed by atoms with van der Waals surface area (Å²) in [6.07, 6.45) is 7.33. The fourth-order valence-electron chi connectivity index (χ4n) is 4.25. The predicted molar refractivity (Wildman–Crippen MR) is 116 cm³/mol. The monoisotopic (exact) mass is 380 g/mol. The summed E-state index contributed by atoms with van der Waals surface area (Å²) in [5.41, 5.74) is 9.64. The van der Waals surface area contributed by atoms with Gasteiger partial charge >= 0.3 is 0 Å². The zero-order chi connectivity index (χ0) is 18.8. The highest BCUT2D eigenvalue weighted by molar-refractivity contribution is 7.12. The molecule has 1 fully saturated rings. The van der Waals surface area contributed by atoms with Crippen molar-refractivity contribution in [2.75, 3.05) is 13.6 Å². The Morgan fingerprint density at radius 2 is 2.07 bits per heavy atom. The van der Waals surface area contributed by atoms with E-state index in [4.69, 9.17) is 5.73 Å². The van der Waals surface area contributed by atoms with E-state index >= 15 is 0 Å². The molecule has 0 aliphatic heterocycles. The maximum atomic E-state index is 6.13. The number of aliphatic imine (C=N–C) groups is 1. The minimum Gasteiger partial charge on any atom is -0.383 e. The van der Waals surface area contributed by atoms with Crippen molar-refractivity contribution in [2.24, 2.45) is 10.7 Å². The van der Waals surface area contributed by atoms with Crippen molar-refractivity contribution in [2.45, 2.75) is 44.6 Å². The van der Waals surface area contributed by atoms with Gasteiger partial charge < -0.3 is 15.6 Å². The first-order valence-corrected chi connectivity index (χ1v) is 10.7. The van der Waals surface area contributed by atoms with Crippen molar-refractivity contribution >= 4 is 33.8 Å². The lowest BCUT2D eigenvalue weighted by atomic mass is 9.81. The van der Waals surface area contributed by atoms with Gasteiger partial charge in [0.05, 0.1) is 10.6 Å². The third kappa shape index (κ3) is 3.80. The second kappa shape index (κ2) is 7.87. The van der Waals surface area contributed by atoms with Crippen molar-refractivity contribution in [1.82, 2.24) is 9.88 Å². The number of nitrogens with zero attached hydrogens (tertiary/aromatic N) is 2. The number of aromatic amines is 1. The molecule has 4 rings (SSSR count). The van der Waals surface area contributed by atoms with E-state index in [0.717, 1.165) is 28.7 Å². The van der Waals surface area contributed by atoms with Gasteiger partial charge in [0, 0.05) is 23.1 Å². The highest BCUT2D eigenvalue weighted by Crippen LogP contribution is 2.38. The molecule has 1 aliphatic rings. The van der Waals surface area contributed by atoms with E-state index in [9.17, 15) is 0 Å². The topological polar surface area (TPSA) is 57.4 Å². The lowest BCUT2D eigenvalue weighted by Crippen LogP contribution is -2.34. The molecule has 1 aliphatic carbocycles. The molecule has 0 atom stereocenters. The molecule has 0 spiro atoms. The summed E-state index contributed by atoms with van der Waals surface area (Å²) in [4.78, 5) is 11.6. The maximum Gasteiger partial charge on any atom is 0.141 e. The highest BCUT2D eigenvalue weighted by atomic mass is 32.1. The lowest BCUT2D eigenvalue weighted by molar-refractivity contribution is 0.190. The number of rotatable bonds is 5. The molecule has 142 valence electrons. The first kappa shape index (κ1) is 18.3. The van der Waals surface area contributed by atoms with Crippen LogP contribution in [0.15, 0.2) is 46.9 Å². The number of hydrogen-bond donors (Lipinski definition) is 2. The van der Waals surface area contributed by atoms with Gasteiger partial charge in [0.15, 0.2) is 0 Å². The van der Waals surface area contributed by atoms with Crippen LogP contribution in [0.4, 0.5) is 5.69 Å². The zero-order valence-corrected chi connectivity index (χ0v) is 16.9. The van der Waals surface area contributed by atoms with Crippen LogP contribution >= 0.6 is 11.3 Å². The summed E-state index contributed by atoms with van der Waals surface area (Å²) in [5.74, 6) is 1.24. The smallest absolute Gasteiger partial charge is 0.141 e. The minimum absolute atomic E-state index is 0.578. The summed E-state index contributed by atoms with van der Waals surface area (Å²) in [6.45, 7) is 3.39. The van der Waals surface area contributed by atoms with Crippen LogP contribution in [-0.4, -0.2) is 35.4 Å². The maximum absolute atomic E-state index is 6.13. The van der Waals surface area contributed by atoms with Crippen LogP contribution in [0.2, 0.25) is 0 Å². The van der Waals surface area contributed by atoms with Gasteiger partial charge in [0.1, 0.15) is 5.84 Å². The number of nitrogens with one attached hydrogen (secondary N) is 1. The third-order valence-corrected chi connectivity index (χ3v) is 6.87. The fourth-order valence-corrected chi connectivity index (χ4v) is 4.88. The minimum atomic E-state index is 0.578. The van der Waals surface area contributed by atoms with Crippen molar-refractivity contribution < 1.29 is 0 Å². The number of thiophene rings is 1. The molecule has 4 nitrogen and oxygen atoms in total. The molecule has 0 unspecified atom stereocenters. The number of aromatic nitrogens is 1. The van der Waals surface area contributed by atoms with Crippen LogP contribution < -0.4 is 5.73 Å². The Kier molecular flexibility index (Phi) is 5.32. The van der Waals surface area contributed by atoms with Gasteiger partial charge in [-0.25, -0.2) is 4.99 Å². The van der Waals surface area contributed by atoms with Crippen LogP contribution in [0.5, 0.6) is 0 Å². The number of nitrogens with two attached hydrogens (primary N) is 1. The molecule has 0 amide bonds. The first-order valence-electron chi connectivity index (χ1n) is 9.85. The predicted octanol–water partition coefficient (Wildman–Crippen LogP) is 5.24. The summed E-state index contributed by atoms with van der Waals surface area (Å²) in [7, 11) is 2.25. The molecular weight excluding hydrogens is 352 g/mol. The quantitative estimate of drug-likeness (QED) is 0.469. The largest absolute Gasteiger partial charge is 0.383 e. The van der Waals surface area contributed by atoms with E-state index in [1.165, 1.54) is 36.6 Å². The molecule has 5 heteroatoms. The second-order valence-corrected chi connectivity index (χ2v) is 8.47. The standard InChI is InChI=1S/C22H28N4S/c1-3-26(2)17-9-6-15(7-10-17)19-14-24-20-13-16(8-11-18(19)20)25-22(23)21-5-4-12-27-21/h4-5,8,11-15,17,24H,3,6-7,9-10H2,1-2H3,(H2,23,25). The van der Waals surface area contributed by atoms with E-state index < -0.39 is 0 Å². The van der Waals surface area contributed by atoms with Crippen LogP contribution in [0.1, 0.15) is 49.0 Å². The number of hydrogen-bond acceptors (Lipinski definition) is 3. The number of H-pyrrole nitrogens is 1. The van der Waals surface area contributed by atoms with Crippen molar-refractivity contribution in [3.05, 3.63) is 52.3 Å². The van der Waals surface area contributed by atoms with Crippen LogP contribution in [0, 0.1) is 0 Å². The average molecular weight is 381 g/mol. The van der Waals surface area contributed by atoms with Gasteiger partial charge in [0.25, 0.3) is 0 Å². The van der Waals surface area contributed by atoms with E-state index in [1.807, 2.05) is 17.5 Å². The number of benzene rings is 1. The molecule has 1 aromatic carbocycles. The van der Waals surface area contributed by atoms with Gasteiger partial charge in [-0.05, 0) is 74.3 Å². The fraction of sp³-hybridized carbons (Fsp3) is 0.409. The van der Waals surface area contributed by atoms with E-state index in [-0.39, 0.29) is 0 Å². The lowest BCUT2D eigenvalue weighted by Gasteiger charge is -2.34. The van der Waals surface area contributed by atoms with Crippen LogP contribution in [-0.2, 0) is 0 Å². The Hall–Kier alpha value is -2.11. The van der Waals surface area contributed by atoms with Gasteiger partial charge in [-0.15, -0.1) is 11.3 Å². The zero-order valence-electron chi connectivity index (χ0n) is 16.1. The first-order chi connectivity index (χ1) is 13.2. The van der Waals surface area contributed by atoms with E-state index in [0.29, 0.717) is 11.8 Å².